The van der Waals surface area contributed by atoms with Crippen LogP contribution in [0.25, 0.3) is 0 Å². The molecule has 1 aromatic carbocycles. The molecule has 1 fully saturated rings. The summed E-state index contributed by atoms with van der Waals surface area (Å²) in [6.07, 6.45) is 5.52. The first kappa shape index (κ1) is 13.4. The molecule has 0 bridgehead atoms. The first-order valence-corrected chi connectivity index (χ1v) is 6.91. The first-order chi connectivity index (χ1) is 8.70. The maximum Gasteiger partial charge on any atom is 0.309 e. The van der Waals surface area contributed by atoms with Gasteiger partial charge < -0.3 is 4.74 Å². The van der Waals surface area contributed by atoms with Crippen LogP contribution in [0.2, 0.25) is 5.02 Å². The first-order valence-electron chi connectivity index (χ1n) is 6.53. The molecule has 98 valence electrons. The van der Waals surface area contributed by atoms with Crippen LogP contribution in [-0.2, 0) is 16.0 Å². The lowest BCUT2D eigenvalue weighted by Crippen LogP contribution is -2.25. The number of esters is 1. The Balaban J connectivity index is 2.09. The van der Waals surface area contributed by atoms with Crippen molar-refractivity contribution in [2.45, 2.75) is 32.1 Å². The highest BCUT2D eigenvalue weighted by Crippen LogP contribution is 2.34. The topological polar surface area (TPSA) is 26.3 Å². The number of carbonyl (C=O) groups excluding carboxylic acids is 1. The van der Waals surface area contributed by atoms with Crippen molar-refractivity contribution in [3.8, 4) is 0 Å². The molecule has 0 N–H and O–H groups in total. The van der Waals surface area contributed by atoms with E-state index in [-0.39, 0.29) is 11.9 Å². The van der Waals surface area contributed by atoms with Gasteiger partial charge >= 0.3 is 5.97 Å². The van der Waals surface area contributed by atoms with E-state index in [1.54, 1.807) is 0 Å². The van der Waals surface area contributed by atoms with Gasteiger partial charge in [-0.2, -0.15) is 0 Å². The van der Waals surface area contributed by atoms with Crippen molar-refractivity contribution in [1.29, 1.82) is 0 Å². The van der Waals surface area contributed by atoms with Gasteiger partial charge in [-0.3, -0.25) is 4.79 Å². The third-order valence-electron chi connectivity index (χ3n) is 3.84. The zero-order chi connectivity index (χ0) is 13.0. The van der Waals surface area contributed by atoms with Gasteiger partial charge in [0.1, 0.15) is 0 Å². The summed E-state index contributed by atoms with van der Waals surface area (Å²) in [6, 6.07) is 7.74. The number of benzene rings is 1. The summed E-state index contributed by atoms with van der Waals surface area (Å²) >= 11 is 5.87. The Hall–Kier alpha value is -1.02. The summed E-state index contributed by atoms with van der Waals surface area (Å²) in [5.74, 6) is 0.406. The smallest absolute Gasteiger partial charge is 0.309 e. The van der Waals surface area contributed by atoms with E-state index < -0.39 is 0 Å². The van der Waals surface area contributed by atoms with E-state index in [9.17, 15) is 4.79 Å². The summed E-state index contributed by atoms with van der Waals surface area (Å²) < 4.78 is 4.96. The van der Waals surface area contributed by atoms with Crippen molar-refractivity contribution in [1.82, 2.24) is 0 Å². The van der Waals surface area contributed by atoms with Crippen LogP contribution in [-0.4, -0.2) is 13.1 Å². The van der Waals surface area contributed by atoms with Crippen LogP contribution in [0.4, 0.5) is 0 Å². The Kier molecular flexibility index (Phi) is 4.65. The van der Waals surface area contributed by atoms with Gasteiger partial charge in [-0.15, -0.1) is 0 Å². The van der Waals surface area contributed by atoms with Crippen LogP contribution < -0.4 is 0 Å². The zero-order valence-electron chi connectivity index (χ0n) is 10.7. The molecule has 0 heterocycles. The maximum absolute atomic E-state index is 11.9. The van der Waals surface area contributed by atoms with E-state index in [0.29, 0.717) is 5.92 Å². The second-order valence-corrected chi connectivity index (χ2v) is 5.44. The molecular weight excluding hydrogens is 248 g/mol. The lowest BCUT2D eigenvalue weighted by molar-refractivity contribution is -0.147. The number of carbonyl (C=O) groups is 1. The van der Waals surface area contributed by atoms with Crippen LogP contribution in [0.5, 0.6) is 0 Å². The Bertz CT molecular complexity index is 393. The van der Waals surface area contributed by atoms with E-state index >= 15 is 0 Å². The average molecular weight is 267 g/mol. The minimum Gasteiger partial charge on any atom is -0.469 e. The van der Waals surface area contributed by atoms with Crippen LogP contribution in [0.1, 0.15) is 31.2 Å². The number of halogens is 1. The molecule has 0 radical (unpaired) electrons. The molecule has 1 atom stereocenters. The second kappa shape index (κ2) is 6.24. The molecule has 1 aliphatic rings. The summed E-state index contributed by atoms with van der Waals surface area (Å²) in [6.45, 7) is 0. The molecule has 1 saturated carbocycles. The molecule has 1 unspecified atom stereocenters. The van der Waals surface area contributed by atoms with Gasteiger partial charge in [0.15, 0.2) is 0 Å². The zero-order valence-corrected chi connectivity index (χ0v) is 11.5. The van der Waals surface area contributed by atoms with E-state index in [1.807, 2.05) is 24.3 Å². The summed E-state index contributed by atoms with van der Waals surface area (Å²) in [5.41, 5.74) is 1.15. The van der Waals surface area contributed by atoms with Crippen molar-refractivity contribution in [3.05, 3.63) is 34.9 Å². The van der Waals surface area contributed by atoms with Crippen molar-refractivity contribution in [3.63, 3.8) is 0 Å². The molecule has 1 aliphatic carbocycles. The molecule has 18 heavy (non-hydrogen) atoms. The van der Waals surface area contributed by atoms with Crippen molar-refractivity contribution in [2.24, 2.45) is 11.8 Å². The van der Waals surface area contributed by atoms with Crippen LogP contribution >= 0.6 is 11.6 Å². The standard InChI is InChI=1S/C15H19ClO2/c1-18-15(17)14(12-4-2-3-5-12)10-11-6-8-13(16)9-7-11/h6-9,12,14H,2-5,10H2,1H3. The Morgan fingerprint density at radius 2 is 1.94 bits per heavy atom. The lowest BCUT2D eigenvalue weighted by Gasteiger charge is -2.21. The Morgan fingerprint density at radius 1 is 1.33 bits per heavy atom. The summed E-state index contributed by atoms with van der Waals surface area (Å²) in [4.78, 5) is 11.9. The number of hydrogen-bond acceptors (Lipinski definition) is 2. The van der Waals surface area contributed by atoms with Gasteiger partial charge in [0.05, 0.1) is 13.0 Å². The monoisotopic (exact) mass is 266 g/mol. The molecule has 2 nitrogen and oxygen atoms in total. The minimum atomic E-state index is -0.0724. The number of methoxy groups -OCH3 is 1. The van der Waals surface area contributed by atoms with E-state index in [4.69, 9.17) is 16.3 Å². The average Bonchev–Trinajstić information content (AvgIpc) is 2.91. The maximum atomic E-state index is 11.9. The van der Waals surface area contributed by atoms with Gasteiger partial charge in [-0.25, -0.2) is 0 Å². The van der Waals surface area contributed by atoms with Gasteiger partial charge in [-0.05, 0) is 42.9 Å². The highest BCUT2D eigenvalue weighted by atomic mass is 35.5. The van der Waals surface area contributed by atoms with Crippen LogP contribution in [0, 0.1) is 11.8 Å². The predicted molar refractivity (Wildman–Crippen MR) is 72.6 cm³/mol. The fourth-order valence-corrected chi connectivity index (χ4v) is 2.95. The predicted octanol–water partition coefficient (Wildman–Crippen LogP) is 3.86. The molecule has 0 spiro atoms. The lowest BCUT2D eigenvalue weighted by atomic mass is 9.85. The van der Waals surface area contributed by atoms with Crippen molar-refractivity contribution in [2.75, 3.05) is 7.11 Å². The van der Waals surface area contributed by atoms with E-state index in [2.05, 4.69) is 0 Å². The van der Waals surface area contributed by atoms with Gasteiger partial charge in [-0.1, -0.05) is 36.6 Å². The largest absolute Gasteiger partial charge is 0.469 e. The van der Waals surface area contributed by atoms with E-state index in [1.165, 1.54) is 20.0 Å². The number of hydrogen-bond donors (Lipinski definition) is 0. The third-order valence-corrected chi connectivity index (χ3v) is 4.09. The summed E-state index contributed by atoms with van der Waals surface area (Å²) in [5, 5.41) is 0.731. The van der Waals surface area contributed by atoms with Crippen molar-refractivity contribution < 1.29 is 9.53 Å². The fraction of sp³-hybridized carbons (Fsp3) is 0.533. The molecule has 2 rings (SSSR count). The second-order valence-electron chi connectivity index (χ2n) is 5.00. The SMILES string of the molecule is COC(=O)C(Cc1ccc(Cl)cc1)C1CCCC1. The number of rotatable bonds is 4. The fourth-order valence-electron chi connectivity index (χ4n) is 2.83. The molecule has 0 aromatic heterocycles. The van der Waals surface area contributed by atoms with E-state index in [0.717, 1.165) is 29.8 Å². The highest BCUT2D eigenvalue weighted by molar-refractivity contribution is 6.30. The highest BCUT2D eigenvalue weighted by Gasteiger charge is 2.31. The Morgan fingerprint density at radius 3 is 2.50 bits per heavy atom. The van der Waals surface area contributed by atoms with Gasteiger partial charge in [0.2, 0.25) is 0 Å². The third kappa shape index (κ3) is 3.26. The van der Waals surface area contributed by atoms with Gasteiger partial charge in [0.25, 0.3) is 0 Å². The molecule has 3 heteroatoms. The molecule has 0 amide bonds. The van der Waals surface area contributed by atoms with Crippen LogP contribution in [0.3, 0.4) is 0 Å². The summed E-state index contributed by atoms with van der Waals surface area (Å²) in [7, 11) is 1.48. The molecule has 0 aliphatic heterocycles. The van der Waals surface area contributed by atoms with Gasteiger partial charge in [0, 0.05) is 5.02 Å². The molecular formula is C15H19ClO2. The van der Waals surface area contributed by atoms with Crippen LogP contribution in [0.15, 0.2) is 24.3 Å². The molecule has 0 saturated heterocycles. The molecule has 1 aromatic rings. The quantitative estimate of drug-likeness (QED) is 0.774. The number of ether oxygens (including phenoxy) is 1. The Labute approximate surface area is 113 Å². The minimum absolute atomic E-state index is 0.00123. The van der Waals surface area contributed by atoms with Crippen molar-refractivity contribution >= 4 is 17.6 Å². The normalized spacial score (nSPS) is 17.7.